The molecule has 2 aromatic rings. The number of nitrogens with zero attached hydrogens (tertiary/aromatic N) is 3. The van der Waals surface area contributed by atoms with Gasteiger partial charge < -0.3 is 15.4 Å². The highest BCUT2D eigenvalue weighted by Gasteiger charge is 2.22. The van der Waals surface area contributed by atoms with Crippen molar-refractivity contribution in [3.05, 3.63) is 51.5 Å². The zero-order valence-corrected chi connectivity index (χ0v) is 22.2. The van der Waals surface area contributed by atoms with Crippen LogP contribution in [0.3, 0.4) is 0 Å². The van der Waals surface area contributed by atoms with Gasteiger partial charge in [0, 0.05) is 57.3 Å². The molecule has 172 valence electrons. The van der Waals surface area contributed by atoms with Gasteiger partial charge in [-0.3, -0.25) is 9.89 Å². The van der Waals surface area contributed by atoms with E-state index in [1.165, 1.54) is 21.0 Å². The number of hydrogen-bond acceptors (Lipinski definition) is 5. The molecule has 0 aliphatic carbocycles. The number of benzene rings is 1. The third-order valence-corrected chi connectivity index (χ3v) is 6.46. The Morgan fingerprint density at radius 3 is 2.55 bits per heavy atom. The lowest BCUT2D eigenvalue weighted by molar-refractivity contribution is -0.0705. The Morgan fingerprint density at radius 1 is 1.19 bits per heavy atom. The van der Waals surface area contributed by atoms with Gasteiger partial charge >= 0.3 is 0 Å². The molecule has 31 heavy (non-hydrogen) atoms. The van der Waals surface area contributed by atoms with Gasteiger partial charge in [0.1, 0.15) is 0 Å². The summed E-state index contributed by atoms with van der Waals surface area (Å²) in [6, 6.07) is 8.66. The number of ether oxygens (including phenoxy) is 1. The first-order valence-electron chi connectivity index (χ1n) is 10.9. The van der Waals surface area contributed by atoms with E-state index in [1.807, 2.05) is 13.2 Å². The molecule has 0 amide bonds. The van der Waals surface area contributed by atoms with Crippen LogP contribution in [0.2, 0.25) is 0 Å². The van der Waals surface area contributed by atoms with Crippen LogP contribution < -0.4 is 10.6 Å². The summed E-state index contributed by atoms with van der Waals surface area (Å²) < 4.78 is 5.87. The maximum atomic E-state index is 5.87. The van der Waals surface area contributed by atoms with Crippen molar-refractivity contribution in [2.24, 2.45) is 4.99 Å². The number of morpholine rings is 1. The van der Waals surface area contributed by atoms with Crippen molar-refractivity contribution in [2.45, 2.75) is 58.9 Å². The van der Waals surface area contributed by atoms with Crippen molar-refractivity contribution in [2.75, 3.05) is 26.7 Å². The maximum absolute atomic E-state index is 5.87. The monoisotopic (exact) mass is 557 g/mol. The molecule has 1 aliphatic rings. The molecule has 1 fully saturated rings. The molecule has 1 aromatic carbocycles. The first kappa shape index (κ1) is 26.0. The standard InChI is InChI=1S/C23H35N5OS.HI/c1-5-21-13-26-22(30-21)10-11-25-23(24-4)27-12-19-8-6-7-9-20(19)16-28-14-17(2)29-18(3)15-28;/h6-9,13,17-18H,5,10-12,14-16H2,1-4H3,(H2,24,25,27);1H. The van der Waals surface area contributed by atoms with Crippen LogP contribution >= 0.6 is 35.3 Å². The molecule has 2 atom stereocenters. The Hall–Kier alpha value is -1.23. The number of aromatic nitrogens is 1. The van der Waals surface area contributed by atoms with Crippen LogP contribution in [0.4, 0.5) is 0 Å². The molecule has 0 radical (unpaired) electrons. The van der Waals surface area contributed by atoms with E-state index in [-0.39, 0.29) is 36.2 Å². The molecule has 2 unspecified atom stereocenters. The molecule has 0 bridgehead atoms. The van der Waals surface area contributed by atoms with E-state index in [0.717, 1.165) is 51.5 Å². The lowest BCUT2D eigenvalue weighted by atomic mass is 10.1. The van der Waals surface area contributed by atoms with Crippen LogP contribution in [-0.2, 0) is 30.7 Å². The molecule has 2 heterocycles. The fourth-order valence-corrected chi connectivity index (χ4v) is 4.71. The van der Waals surface area contributed by atoms with E-state index in [4.69, 9.17) is 4.74 Å². The van der Waals surface area contributed by atoms with Crippen LogP contribution in [0.15, 0.2) is 35.5 Å². The number of aliphatic imine (C=N–C) groups is 1. The van der Waals surface area contributed by atoms with Gasteiger partial charge in [0.2, 0.25) is 0 Å². The Labute approximate surface area is 207 Å². The average Bonchev–Trinajstić information content (AvgIpc) is 3.19. The molecule has 6 nitrogen and oxygen atoms in total. The van der Waals surface area contributed by atoms with Gasteiger partial charge in [-0.25, -0.2) is 4.98 Å². The Bertz CT molecular complexity index is 818. The second-order valence-corrected chi connectivity index (χ2v) is 9.10. The first-order chi connectivity index (χ1) is 14.6. The van der Waals surface area contributed by atoms with Crippen LogP contribution in [-0.4, -0.2) is 54.7 Å². The maximum Gasteiger partial charge on any atom is 0.191 e. The molecule has 8 heteroatoms. The van der Waals surface area contributed by atoms with Crippen molar-refractivity contribution in [1.82, 2.24) is 20.5 Å². The molecule has 0 spiro atoms. The van der Waals surface area contributed by atoms with Gasteiger partial charge in [-0.05, 0) is 31.4 Å². The fraction of sp³-hybridized carbons (Fsp3) is 0.565. The van der Waals surface area contributed by atoms with E-state index >= 15 is 0 Å². The summed E-state index contributed by atoms with van der Waals surface area (Å²) in [4.78, 5) is 12.7. The smallest absolute Gasteiger partial charge is 0.191 e. The lowest BCUT2D eigenvalue weighted by Crippen LogP contribution is -2.45. The second-order valence-electron chi connectivity index (χ2n) is 7.90. The van der Waals surface area contributed by atoms with Gasteiger partial charge in [0.05, 0.1) is 17.2 Å². The summed E-state index contributed by atoms with van der Waals surface area (Å²) in [7, 11) is 1.82. The van der Waals surface area contributed by atoms with Crippen molar-refractivity contribution < 1.29 is 4.74 Å². The SMILES string of the molecule is CCc1cnc(CCNC(=NC)NCc2ccccc2CN2CC(C)OC(C)C2)s1.I. The van der Waals surface area contributed by atoms with Crippen molar-refractivity contribution >= 4 is 41.3 Å². The minimum atomic E-state index is 0. The van der Waals surface area contributed by atoms with E-state index in [2.05, 4.69) is 70.5 Å². The molecule has 1 aliphatic heterocycles. The van der Waals surface area contributed by atoms with Gasteiger partial charge in [-0.1, -0.05) is 31.2 Å². The number of aryl methyl sites for hydroxylation is 1. The number of halogens is 1. The van der Waals surface area contributed by atoms with Crippen LogP contribution in [0.5, 0.6) is 0 Å². The molecule has 1 aromatic heterocycles. The fourth-order valence-electron chi connectivity index (χ4n) is 3.85. The van der Waals surface area contributed by atoms with Gasteiger partial charge in [0.25, 0.3) is 0 Å². The van der Waals surface area contributed by atoms with Gasteiger partial charge in [-0.2, -0.15) is 0 Å². The summed E-state index contributed by atoms with van der Waals surface area (Å²) in [5, 5.41) is 8.04. The van der Waals surface area contributed by atoms with Crippen molar-refractivity contribution in [3.8, 4) is 0 Å². The molecule has 3 rings (SSSR count). The van der Waals surface area contributed by atoms with Gasteiger partial charge in [0.15, 0.2) is 5.96 Å². The largest absolute Gasteiger partial charge is 0.373 e. The van der Waals surface area contributed by atoms with E-state index in [0.29, 0.717) is 0 Å². The number of rotatable bonds is 8. The van der Waals surface area contributed by atoms with E-state index in [9.17, 15) is 0 Å². The van der Waals surface area contributed by atoms with Crippen molar-refractivity contribution in [3.63, 3.8) is 0 Å². The molecule has 1 saturated heterocycles. The van der Waals surface area contributed by atoms with Crippen molar-refractivity contribution in [1.29, 1.82) is 0 Å². The summed E-state index contributed by atoms with van der Waals surface area (Å²) >= 11 is 1.80. The highest BCUT2D eigenvalue weighted by molar-refractivity contribution is 14.0. The van der Waals surface area contributed by atoms with Gasteiger partial charge in [-0.15, -0.1) is 35.3 Å². The van der Waals surface area contributed by atoms with E-state index < -0.39 is 0 Å². The second kappa shape index (κ2) is 13.3. The van der Waals surface area contributed by atoms with Crippen LogP contribution in [0.25, 0.3) is 0 Å². The molecule has 0 saturated carbocycles. The number of nitrogens with one attached hydrogen (secondary N) is 2. The number of hydrogen-bond donors (Lipinski definition) is 2. The topological polar surface area (TPSA) is 61.8 Å². The minimum absolute atomic E-state index is 0. The normalized spacial score (nSPS) is 19.7. The average molecular weight is 558 g/mol. The van der Waals surface area contributed by atoms with Crippen LogP contribution in [0.1, 0.15) is 41.8 Å². The molecular weight excluding hydrogens is 521 g/mol. The molecular formula is C23H36IN5OS. The number of thiazole rings is 1. The Kier molecular flexibility index (Phi) is 11.2. The van der Waals surface area contributed by atoms with E-state index in [1.54, 1.807) is 11.3 Å². The number of guanidine groups is 1. The summed E-state index contributed by atoms with van der Waals surface area (Å²) in [6.45, 7) is 11.0. The minimum Gasteiger partial charge on any atom is -0.373 e. The quantitative estimate of drug-likeness (QED) is 0.294. The zero-order chi connectivity index (χ0) is 21.3. The highest BCUT2D eigenvalue weighted by atomic mass is 127. The van der Waals surface area contributed by atoms with Crippen LogP contribution in [0, 0.1) is 0 Å². The predicted molar refractivity (Wildman–Crippen MR) is 141 cm³/mol. The lowest BCUT2D eigenvalue weighted by Gasteiger charge is -2.35. The Balaban J connectivity index is 0.00000341. The zero-order valence-electron chi connectivity index (χ0n) is 19.1. The predicted octanol–water partition coefficient (Wildman–Crippen LogP) is 3.84. The molecule has 2 N–H and O–H groups in total. The summed E-state index contributed by atoms with van der Waals surface area (Å²) in [6.07, 6.45) is 4.52. The Morgan fingerprint density at radius 2 is 1.90 bits per heavy atom. The third-order valence-electron chi connectivity index (χ3n) is 5.26. The third kappa shape index (κ3) is 8.32. The first-order valence-corrected chi connectivity index (χ1v) is 11.7. The summed E-state index contributed by atoms with van der Waals surface area (Å²) in [5.41, 5.74) is 2.66. The summed E-state index contributed by atoms with van der Waals surface area (Å²) in [5.74, 6) is 0.825. The highest BCUT2D eigenvalue weighted by Crippen LogP contribution is 2.17.